The van der Waals surface area contributed by atoms with Crippen LogP contribution in [0.3, 0.4) is 0 Å². The molecule has 21 heavy (non-hydrogen) atoms. The summed E-state index contributed by atoms with van der Waals surface area (Å²) in [4.78, 5) is 11.5. The summed E-state index contributed by atoms with van der Waals surface area (Å²) in [5, 5.41) is 0.685. The summed E-state index contributed by atoms with van der Waals surface area (Å²) in [7, 11) is 0. The fraction of sp³-hybridized carbons (Fsp3) is 0.118. The molecule has 0 N–H and O–H groups in total. The Kier molecular flexibility index (Phi) is 5.41. The van der Waals surface area contributed by atoms with Crippen LogP contribution in [-0.4, -0.2) is 12.8 Å². The Bertz CT molecular complexity index is 615. The predicted octanol–water partition coefficient (Wildman–Crippen LogP) is 4.88. The first-order valence-corrected chi connectivity index (χ1v) is 6.85. The van der Waals surface area contributed by atoms with Crippen LogP contribution in [0.5, 0.6) is 5.75 Å². The minimum absolute atomic E-state index is 0.146. The van der Waals surface area contributed by atoms with Gasteiger partial charge in [0, 0.05) is 5.02 Å². The van der Waals surface area contributed by atoms with Gasteiger partial charge in [-0.2, -0.15) is 0 Å². The van der Waals surface area contributed by atoms with E-state index in [-0.39, 0.29) is 6.61 Å². The van der Waals surface area contributed by atoms with Crippen molar-refractivity contribution < 1.29 is 14.3 Å². The molecule has 0 saturated heterocycles. The van der Waals surface area contributed by atoms with Crippen LogP contribution in [-0.2, 0) is 4.74 Å². The fourth-order valence-corrected chi connectivity index (χ4v) is 1.73. The van der Waals surface area contributed by atoms with Gasteiger partial charge in [-0.15, -0.1) is 0 Å². The first kappa shape index (κ1) is 15.1. The Labute approximate surface area is 128 Å². The molecule has 2 rings (SSSR count). The average molecular weight is 303 g/mol. The first-order chi connectivity index (χ1) is 10.1. The van der Waals surface area contributed by atoms with Gasteiger partial charge >= 0.3 is 6.16 Å². The lowest BCUT2D eigenvalue weighted by Gasteiger charge is -2.04. The van der Waals surface area contributed by atoms with Gasteiger partial charge in [-0.3, -0.25) is 0 Å². The molecule has 4 heteroatoms. The summed E-state index contributed by atoms with van der Waals surface area (Å²) in [5.41, 5.74) is 2.08. The van der Waals surface area contributed by atoms with Crippen molar-refractivity contribution in [3.63, 3.8) is 0 Å². The summed E-state index contributed by atoms with van der Waals surface area (Å²) >= 11 is 5.79. The molecule has 0 aliphatic rings. The maximum atomic E-state index is 11.5. The van der Waals surface area contributed by atoms with Crippen LogP contribution in [0.15, 0.2) is 54.6 Å². The molecule has 0 amide bonds. The topological polar surface area (TPSA) is 35.5 Å². The third-order valence-electron chi connectivity index (χ3n) is 2.70. The van der Waals surface area contributed by atoms with Gasteiger partial charge in [-0.1, -0.05) is 47.5 Å². The van der Waals surface area contributed by atoms with Gasteiger partial charge in [0.2, 0.25) is 0 Å². The minimum Gasteiger partial charge on any atom is -0.430 e. The molecule has 0 unspecified atom stereocenters. The molecule has 0 atom stereocenters. The van der Waals surface area contributed by atoms with Crippen LogP contribution in [0.1, 0.15) is 11.1 Å². The van der Waals surface area contributed by atoms with Gasteiger partial charge in [0.1, 0.15) is 12.4 Å². The standard InChI is InChI=1S/C17H15ClO3/c1-13-4-10-16(11-5-13)21-17(19)20-12-2-3-14-6-8-15(18)9-7-14/h2-11H,12H2,1H3/b3-2+. The van der Waals surface area contributed by atoms with E-state index >= 15 is 0 Å². The normalized spacial score (nSPS) is 10.6. The van der Waals surface area contributed by atoms with Crippen molar-refractivity contribution in [3.05, 3.63) is 70.8 Å². The largest absolute Gasteiger partial charge is 0.514 e. The number of ether oxygens (including phenoxy) is 2. The zero-order valence-electron chi connectivity index (χ0n) is 11.6. The number of carbonyl (C=O) groups excluding carboxylic acids is 1. The Balaban J connectivity index is 1.76. The molecular formula is C17H15ClO3. The van der Waals surface area contributed by atoms with Gasteiger partial charge in [0.25, 0.3) is 0 Å². The molecule has 108 valence electrons. The van der Waals surface area contributed by atoms with Crippen LogP contribution in [0.2, 0.25) is 5.02 Å². The van der Waals surface area contributed by atoms with Crippen molar-refractivity contribution in [1.82, 2.24) is 0 Å². The van der Waals surface area contributed by atoms with Gasteiger partial charge in [0.15, 0.2) is 0 Å². The summed E-state index contributed by atoms with van der Waals surface area (Å²) in [6.07, 6.45) is 2.86. The summed E-state index contributed by atoms with van der Waals surface area (Å²) < 4.78 is 9.97. The lowest BCUT2D eigenvalue weighted by atomic mass is 10.2. The minimum atomic E-state index is -0.723. The zero-order chi connectivity index (χ0) is 15.1. The molecule has 0 bridgehead atoms. The van der Waals surface area contributed by atoms with E-state index < -0.39 is 6.16 Å². The number of halogens is 1. The van der Waals surface area contributed by atoms with E-state index in [1.807, 2.05) is 37.3 Å². The van der Waals surface area contributed by atoms with Gasteiger partial charge in [-0.25, -0.2) is 4.79 Å². The molecule has 0 heterocycles. The van der Waals surface area contributed by atoms with Crippen molar-refractivity contribution in [2.24, 2.45) is 0 Å². The second-order valence-electron chi connectivity index (χ2n) is 4.43. The van der Waals surface area contributed by atoms with Crippen molar-refractivity contribution in [1.29, 1.82) is 0 Å². The Morgan fingerprint density at radius 1 is 1.10 bits per heavy atom. The van der Waals surface area contributed by atoms with Crippen LogP contribution in [0.4, 0.5) is 4.79 Å². The Hall–Kier alpha value is -2.26. The van der Waals surface area contributed by atoms with E-state index in [0.717, 1.165) is 11.1 Å². The highest BCUT2D eigenvalue weighted by Crippen LogP contribution is 2.12. The van der Waals surface area contributed by atoms with Crippen molar-refractivity contribution in [2.45, 2.75) is 6.92 Å². The Morgan fingerprint density at radius 2 is 1.76 bits per heavy atom. The molecule has 2 aromatic rings. The highest BCUT2D eigenvalue weighted by molar-refractivity contribution is 6.30. The third kappa shape index (κ3) is 5.32. The molecule has 0 aliphatic carbocycles. The lowest BCUT2D eigenvalue weighted by Crippen LogP contribution is -2.10. The van der Waals surface area contributed by atoms with Crippen LogP contribution in [0, 0.1) is 6.92 Å². The molecule has 0 radical (unpaired) electrons. The van der Waals surface area contributed by atoms with Crippen LogP contribution >= 0.6 is 11.6 Å². The van der Waals surface area contributed by atoms with Crippen LogP contribution < -0.4 is 4.74 Å². The highest BCUT2D eigenvalue weighted by Gasteiger charge is 2.04. The predicted molar refractivity (Wildman–Crippen MR) is 83.6 cm³/mol. The maximum absolute atomic E-state index is 11.5. The molecule has 0 aromatic heterocycles. The van der Waals surface area contributed by atoms with E-state index in [9.17, 15) is 4.79 Å². The third-order valence-corrected chi connectivity index (χ3v) is 2.95. The fourth-order valence-electron chi connectivity index (χ4n) is 1.61. The van der Waals surface area contributed by atoms with Gasteiger partial charge < -0.3 is 9.47 Å². The number of hydrogen-bond acceptors (Lipinski definition) is 3. The van der Waals surface area contributed by atoms with E-state index in [1.54, 1.807) is 30.3 Å². The molecule has 3 nitrogen and oxygen atoms in total. The average Bonchev–Trinajstić information content (AvgIpc) is 2.48. The maximum Gasteiger partial charge on any atom is 0.514 e. The number of rotatable bonds is 4. The van der Waals surface area contributed by atoms with Crippen molar-refractivity contribution in [3.8, 4) is 5.75 Å². The quantitative estimate of drug-likeness (QED) is 0.596. The summed E-state index contributed by atoms with van der Waals surface area (Å²) in [5.74, 6) is 0.465. The van der Waals surface area contributed by atoms with E-state index in [4.69, 9.17) is 21.1 Å². The van der Waals surface area contributed by atoms with E-state index in [0.29, 0.717) is 10.8 Å². The molecule has 0 saturated carbocycles. The van der Waals surface area contributed by atoms with E-state index in [2.05, 4.69) is 0 Å². The molecule has 0 spiro atoms. The second-order valence-corrected chi connectivity index (χ2v) is 4.87. The van der Waals surface area contributed by atoms with Gasteiger partial charge in [-0.05, 0) is 42.8 Å². The number of hydrogen-bond donors (Lipinski definition) is 0. The number of aryl methyl sites for hydroxylation is 1. The van der Waals surface area contributed by atoms with Crippen molar-refractivity contribution in [2.75, 3.05) is 6.61 Å². The highest BCUT2D eigenvalue weighted by atomic mass is 35.5. The van der Waals surface area contributed by atoms with E-state index in [1.165, 1.54) is 0 Å². The number of carbonyl (C=O) groups is 1. The summed E-state index contributed by atoms with van der Waals surface area (Å²) in [6.45, 7) is 2.11. The van der Waals surface area contributed by atoms with Gasteiger partial charge in [0.05, 0.1) is 0 Å². The first-order valence-electron chi connectivity index (χ1n) is 6.47. The Morgan fingerprint density at radius 3 is 2.43 bits per heavy atom. The smallest absolute Gasteiger partial charge is 0.430 e. The number of benzene rings is 2. The summed E-state index contributed by atoms with van der Waals surface area (Å²) in [6, 6.07) is 14.5. The molecule has 0 aliphatic heterocycles. The molecule has 0 fully saturated rings. The second kappa shape index (κ2) is 7.50. The molecule has 2 aromatic carbocycles. The SMILES string of the molecule is Cc1ccc(OC(=O)OC/C=C/c2ccc(Cl)cc2)cc1. The van der Waals surface area contributed by atoms with Crippen molar-refractivity contribution >= 4 is 23.8 Å². The molecular weight excluding hydrogens is 288 g/mol. The monoisotopic (exact) mass is 302 g/mol. The van der Waals surface area contributed by atoms with Crippen LogP contribution in [0.25, 0.3) is 6.08 Å². The lowest BCUT2D eigenvalue weighted by molar-refractivity contribution is 0.110. The zero-order valence-corrected chi connectivity index (χ0v) is 12.3.